The van der Waals surface area contributed by atoms with Gasteiger partial charge in [-0.15, -0.1) is 0 Å². The highest BCUT2D eigenvalue weighted by Crippen LogP contribution is 2.67. The average Bonchev–Trinajstić information content (AvgIpc) is 3.06. The first-order chi connectivity index (χ1) is 13.5. The molecule has 0 saturated heterocycles. The highest BCUT2D eigenvalue weighted by Gasteiger charge is 2.58. The monoisotopic (exact) mass is 376 g/mol. The SMILES string of the molecule is CC1CC2C3CC=C(c4cccnc4)C3(C)CCC2C2(C)CCC(N=O)C=C12. The van der Waals surface area contributed by atoms with E-state index in [0.717, 1.165) is 30.6 Å². The fraction of sp³-hybridized carbons (Fsp3) is 0.640. The third-order valence-electron chi connectivity index (χ3n) is 9.09. The molecule has 148 valence electrons. The van der Waals surface area contributed by atoms with Crippen molar-refractivity contribution in [3.05, 3.63) is 52.7 Å². The van der Waals surface area contributed by atoms with Crippen molar-refractivity contribution in [1.82, 2.24) is 4.98 Å². The summed E-state index contributed by atoms with van der Waals surface area (Å²) < 4.78 is 0. The van der Waals surface area contributed by atoms with Crippen LogP contribution in [0.2, 0.25) is 0 Å². The zero-order chi connectivity index (χ0) is 19.5. The van der Waals surface area contributed by atoms with Crippen molar-refractivity contribution in [3.63, 3.8) is 0 Å². The van der Waals surface area contributed by atoms with Crippen molar-refractivity contribution >= 4 is 5.57 Å². The average molecular weight is 377 g/mol. The lowest BCUT2D eigenvalue weighted by molar-refractivity contribution is -0.0356. The molecule has 1 heterocycles. The minimum Gasteiger partial charge on any atom is -0.264 e. The quantitative estimate of drug-likeness (QED) is 0.441. The van der Waals surface area contributed by atoms with Crippen molar-refractivity contribution in [2.75, 3.05) is 0 Å². The van der Waals surface area contributed by atoms with Gasteiger partial charge in [-0.3, -0.25) is 4.98 Å². The first kappa shape index (κ1) is 18.3. The fourth-order valence-corrected chi connectivity index (χ4v) is 7.76. The summed E-state index contributed by atoms with van der Waals surface area (Å²) in [6, 6.07) is 4.21. The Bertz CT molecular complexity index is 843. The van der Waals surface area contributed by atoms with Crippen LogP contribution < -0.4 is 0 Å². The molecule has 3 nitrogen and oxygen atoms in total. The van der Waals surface area contributed by atoms with Crippen LogP contribution in [-0.4, -0.2) is 11.0 Å². The van der Waals surface area contributed by atoms with Crippen LogP contribution in [0.5, 0.6) is 0 Å². The van der Waals surface area contributed by atoms with Gasteiger partial charge in [0, 0.05) is 12.4 Å². The zero-order valence-electron chi connectivity index (χ0n) is 17.4. The summed E-state index contributed by atoms with van der Waals surface area (Å²) in [4.78, 5) is 15.6. The number of nitrogens with zero attached hydrogens (tertiary/aromatic N) is 2. The van der Waals surface area contributed by atoms with Gasteiger partial charge in [0.2, 0.25) is 0 Å². The molecule has 2 fully saturated rings. The molecule has 4 aliphatic carbocycles. The number of allylic oxidation sites excluding steroid dienone is 3. The van der Waals surface area contributed by atoms with Gasteiger partial charge >= 0.3 is 0 Å². The highest BCUT2D eigenvalue weighted by atomic mass is 16.3. The standard InChI is InChI=1S/C25H32N2O/c1-16-13-19-21-7-6-20(17-5-4-12-26-15-17)24(21,2)11-9-22(19)25(3)10-8-18(27-28)14-23(16)25/h4-6,12,14-16,18-19,21-22H,7-11,13H2,1-3H3. The van der Waals surface area contributed by atoms with E-state index in [4.69, 9.17) is 0 Å². The molecule has 2 saturated carbocycles. The van der Waals surface area contributed by atoms with Crippen molar-refractivity contribution in [3.8, 4) is 0 Å². The Hall–Kier alpha value is -1.77. The van der Waals surface area contributed by atoms with Crippen molar-refractivity contribution < 1.29 is 0 Å². The minimum absolute atomic E-state index is 0.0961. The Morgan fingerprint density at radius 2 is 1.96 bits per heavy atom. The van der Waals surface area contributed by atoms with Crippen LogP contribution in [0.25, 0.3) is 5.57 Å². The molecule has 0 N–H and O–H groups in total. The van der Waals surface area contributed by atoms with Gasteiger partial charge < -0.3 is 0 Å². The molecule has 7 atom stereocenters. The van der Waals surface area contributed by atoms with E-state index in [0.29, 0.717) is 5.92 Å². The lowest BCUT2D eigenvalue weighted by atomic mass is 9.45. The van der Waals surface area contributed by atoms with Crippen LogP contribution in [0.1, 0.15) is 64.9 Å². The largest absolute Gasteiger partial charge is 0.264 e. The Morgan fingerprint density at radius 3 is 2.71 bits per heavy atom. The van der Waals surface area contributed by atoms with Crippen LogP contribution in [0.4, 0.5) is 0 Å². The van der Waals surface area contributed by atoms with E-state index in [1.165, 1.54) is 36.8 Å². The number of pyridine rings is 1. The van der Waals surface area contributed by atoms with Gasteiger partial charge in [-0.2, -0.15) is 4.91 Å². The third-order valence-corrected chi connectivity index (χ3v) is 9.09. The van der Waals surface area contributed by atoms with Crippen LogP contribution in [0, 0.1) is 39.4 Å². The molecule has 5 rings (SSSR count). The molecule has 0 aliphatic heterocycles. The number of hydrogen-bond donors (Lipinski definition) is 0. The van der Waals surface area contributed by atoms with Crippen molar-refractivity contribution in [1.29, 1.82) is 0 Å². The predicted molar refractivity (Wildman–Crippen MR) is 113 cm³/mol. The van der Waals surface area contributed by atoms with E-state index >= 15 is 0 Å². The summed E-state index contributed by atoms with van der Waals surface area (Å²) in [6.07, 6.45) is 15.8. The first-order valence-corrected chi connectivity index (χ1v) is 11.1. The van der Waals surface area contributed by atoms with Crippen LogP contribution >= 0.6 is 0 Å². The Kier molecular flexibility index (Phi) is 4.16. The second kappa shape index (κ2) is 6.37. The van der Waals surface area contributed by atoms with Gasteiger partial charge in [0.25, 0.3) is 0 Å². The summed E-state index contributed by atoms with van der Waals surface area (Å²) in [5.74, 6) is 2.84. The van der Waals surface area contributed by atoms with Crippen LogP contribution in [-0.2, 0) is 0 Å². The topological polar surface area (TPSA) is 42.3 Å². The second-order valence-corrected chi connectivity index (χ2v) is 10.3. The minimum atomic E-state index is -0.0961. The second-order valence-electron chi connectivity index (χ2n) is 10.3. The molecule has 0 radical (unpaired) electrons. The smallest absolute Gasteiger partial charge is 0.110 e. The van der Waals surface area contributed by atoms with Crippen LogP contribution in [0.15, 0.2) is 47.4 Å². The fourth-order valence-electron chi connectivity index (χ4n) is 7.76. The Labute approximate surface area is 168 Å². The normalized spacial score (nSPS) is 44.6. The summed E-state index contributed by atoms with van der Waals surface area (Å²) in [7, 11) is 0. The van der Waals surface area contributed by atoms with Gasteiger partial charge in [-0.05, 0) is 90.2 Å². The van der Waals surface area contributed by atoms with E-state index in [9.17, 15) is 4.91 Å². The number of aromatic nitrogens is 1. The summed E-state index contributed by atoms with van der Waals surface area (Å²) >= 11 is 0. The van der Waals surface area contributed by atoms with Gasteiger partial charge in [0.15, 0.2) is 0 Å². The van der Waals surface area contributed by atoms with E-state index in [-0.39, 0.29) is 16.9 Å². The van der Waals surface area contributed by atoms with Gasteiger partial charge in [-0.1, -0.05) is 49.7 Å². The molecule has 0 aromatic carbocycles. The summed E-state index contributed by atoms with van der Waals surface area (Å²) in [5.41, 5.74) is 4.95. The molecule has 4 aliphatic rings. The number of nitroso groups, excluding NO2 is 1. The summed E-state index contributed by atoms with van der Waals surface area (Å²) in [5, 5.41) is 3.38. The number of fused-ring (bicyclic) bond motifs is 5. The van der Waals surface area contributed by atoms with Gasteiger partial charge in [-0.25, -0.2) is 0 Å². The highest BCUT2D eigenvalue weighted by molar-refractivity contribution is 5.72. The van der Waals surface area contributed by atoms with E-state index in [1.807, 2.05) is 12.4 Å². The number of rotatable bonds is 2. The summed E-state index contributed by atoms with van der Waals surface area (Å²) in [6.45, 7) is 7.41. The molecular weight excluding hydrogens is 344 g/mol. The lowest BCUT2D eigenvalue weighted by Crippen LogP contribution is -2.52. The molecule has 3 heteroatoms. The Morgan fingerprint density at radius 1 is 1.14 bits per heavy atom. The van der Waals surface area contributed by atoms with Gasteiger partial charge in [0.05, 0.1) is 0 Å². The zero-order valence-corrected chi connectivity index (χ0v) is 17.4. The maximum Gasteiger partial charge on any atom is 0.110 e. The molecule has 0 spiro atoms. The molecular formula is C25H32N2O. The molecule has 7 unspecified atom stereocenters. The maximum atomic E-state index is 11.2. The molecule has 28 heavy (non-hydrogen) atoms. The lowest BCUT2D eigenvalue weighted by Gasteiger charge is -2.59. The van der Waals surface area contributed by atoms with Gasteiger partial charge in [0.1, 0.15) is 6.04 Å². The third kappa shape index (κ3) is 2.44. The molecule has 1 aromatic rings. The van der Waals surface area contributed by atoms with Crippen molar-refractivity contribution in [2.24, 2.45) is 39.7 Å². The molecule has 1 aromatic heterocycles. The molecule has 0 amide bonds. The van der Waals surface area contributed by atoms with E-state index in [2.05, 4.69) is 55.2 Å². The van der Waals surface area contributed by atoms with Crippen molar-refractivity contribution in [2.45, 2.75) is 65.3 Å². The predicted octanol–water partition coefficient (Wildman–Crippen LogP) is 6.42. The van der Waals surface area contributed by atoms with E-state index < -0.39 is 0 Å². The Balaban J connectivity index is 1.49. The number of hydrogen-bond acceptors (Lipinski definition) is 3. The van der Waals surface area contributed by atoms with E-state index in [1.54, 1.807) is 5.57 Å². The van der Waals surface area contributed by atoms with Crippen LogP contribution in [0.3, 0.4) is 0 Å². The maximum absolute atomic E-state index is 11.2. The molecule has 0 bridgehead atoms. The first-order valence-electron chi connectivity index (χ1n) is 11.1.